The first-order valence-electron chi connectivity index (χ1n) is 5.02. The number of fused-ring (bicyclic) bond motifs is 1. The molecule has 0 aliphatic rings. The molecule has 5 nitrogen and oxygen atoms in total. The van der Waals surface area contributed by atoms with E-state index in [4.69, 9.17) is 9.84 Å². The average molecular weight is 299 g/mol. The summed E-state index contributed by atoms with van der Waals surface area (Å²) in [4.78, 5) is 15.2. The van der Waals surface area contributed by atoms with Gasteiger partial charge in [-0.3, -0.25) is 0 Å². The molecule has 2 rings (SSSR count). The van der Waals surface area contributed by atoms with Crippen LogP contribution in [-0.2, 0) is 11.2 Å². The van der Waals surface area contributed by atoms with Crippen LogP contribution in [0.4, 0.5) is 0 Å². The summed E-state index contributed by atoms with van der Waals surface area (Å²) in [7, 11) is 1.63. The second-order valence-corrected chi connectivity index (χ2v) is 4.29. The van der Waals surface area contributed by atoms with Crippen molar-refractivity contribution in [2.45, 2.75) is 6.42 Å². The molecule has 0 atom stereocenters. The molecule has 0 unspecified atom stereocenters. The van der Waals surface area contributed by atoms with Crippen molar-refractivity contribution in [2.24, 2.45) is 0 Å². The van der Waals surface area contributed by atoms with Gasteiger partial charge in [0.1, 0.15) is 10.4 Å². The van der Waals surface area contributed by atoms with E-state index < -0.39 is 5.97 Å². The number of rotatable bonds is 4. The van der Waals surface area contributed by atoms with Crippen molar-refractivity contribution < 1.29 is 14.6 Å². The minimum Gasteiger partial charge on any atom is -0.478 e. The third-order valence-electron chi connectivity index (χ3n) is 2.45. The zero-order chi connectivity index (χ0) is 12.4. The largest absolute Gasteiger partial charge is 0.478 e. The maximum Gasteiger partial charge on any atom is 0.335 e. The Bertz CT molecular complexity index is 565. The van der Waals surface area contributed by atoms with Crippen LogP contribution in [0.5, 0.6) is 0 Å². The van der Waals surface area contributed by atoms with Gasteiger partial charge in [0.15, 0.2) is 0 Å². The number of methoxy groups -OCH3 is 1. The van der Waals surface area contributed by atoms with E-state index in [0.29, 0.717) is 17.6 Å². The molecule has 0 fully saturated rings. The summed E-state index contributed by atoms with van der Waals surface area (Å²) >= 11 is 3.33. The van der Waals surface area contributed by atoms with Crippen LogP contribution in [-0.4, -0.2) is 34.2 Å². The Morgan fingerprint density at radius 3 is 3.06 bits per heavy atom. The lowest BCUT2D eigenvalue weighted by atomic mass is 10.2. The van der Waals surface area contributed by atoms with E-state index in [2.05, 4.69) is 20.9 Å². The lowest BCUT2D eigenvalue weighted by Crippen LogP contribution is -2.02. The zero-order valence-corrected chi connectivity index (χ0v) is 10.8. The van der Waals surface area contributed by atoms with Gasteiger partial charge in [-0.05, 0) is 28.1 Å². The van der Waals surface area contributed by atoms with Crippen molar-refractivity contribution in [3.63, 3.8) is 0 Å². The van der Waals surface area contributed by atoms with E-state index in [0.717, 1.165) is 11.3 Å². The molecule has 90 valence electrons. The Morgan fingerprint density at radius 1 is 1.65 bits per heavy atom. The summed E-state index contributed by atoms with van der Waals surface area (Å²) in [5, 5.41) is 8.92. The molecule has 0 aliphatic carbocycles. The fraction of sp³-hybridized carbons (Fsp3) is 0.273. The second kappa shape index (κ2) is 4.85. The van der Waals surface area contributed by atoms with Gasteiger partial charge >= 0.3 is 5.97 Å². The summed E-state index contributed by atoms with van der Waals surface area (Å²) in [5.74, 6) is -0.107. The molecule has 2 aromatic rings. The number of hydrogen-bond acceptors (Lipinski definition) is 3. The van der Waals surface area contributed by atoms with Gasteiger partial charge in [-0.15, -0.1) is 0 Å². The normalized spacial score (nSPS) is 10.9. The lowest BCUT2D eigenvalue weighted by molar-refractivity contribution is 0.0697. The van der Waals surface area contributed by atoms with Crippen molar-refractivity contribution >= 4 is 27.4 Å². The molecular formula is C11H11BrN2O3. The van der Waals surface area contributed by atoms with Crippen LogP contribution in [0.3, 0.4) is 0 Å². The molecule has 0 aliphatic heterocycles. The first kappa shape index (κ1) is 12.1. The molecule has 2 heterocycles. The SMILES string of the molecule is COCCc1nc(Br)c2cc(C(=O)O)ccn12. The lowest BCUT2D eigenvalue weighted by Gasteiger charge is -2.01. The fourth-order valence-corrected chi connectivity index (χ4v) is 2.12. The van der Waals surface area contributed by atoms with Crippen molar-refractivity contribution in [3.05, 3.63) is 34.3 Å². The Balaban J connectivity index is 2.49. The highest BCUT2D eigenvalue weighted by Crippen LogP contribution is 2.20. The molecule has 0 bridgehead atoms. The van der Waals surface area contributed by atoms with Crippen LogP contribution in [0, 0.1) is 0 Å². The number of aromatic carboxylic acids is 1. The monoisotopic (exact) mass is 298 g/mol. The van der Waals surface area contributed by atoms with Gasteiger partial charge in [0.25, 0.3) is 0 Å². The molecule has 0 saturated carbocycles. The van der Waals surface area contributed by atoms with Crippen molar-refractivity contribution in [1.82, 2.24) is 9.38 Å². The van der Waals surface area contributed by atoms with Gasteiger partial charge in [-0.2, -0.15) is 0 Å². The Labute approximate surface area is 106 Å². The molecule has 0 amide bonds. The first-order chi connectivity index (χ1) is 8.13. The van der Waals surface area contributed by atoms with E-state index in [1.165, 1.54) is 0 Å². The molecule has 0 spiro atoms. The van der Waals surface area contributed by atoms with Crippen LogP contribution in [0.15, 0.2) is 22.9 Å². The molecule has 1 N–H and O–H groups in total. The number of halogens is 1. The maximum absolute atomic E-state index is 10.9. The topological polar surface area (TPSA) is 63.8 Å². The highest BCUT2D eigenvalue weighted by atomic mass is 79.9. The highest BCUT2D eigenvalue weighted by molar-refractivity contribution is 9.10. The number of pyridine rings is 1. The van der Waals surface area contributed by atoms with Crippen LogP contribution in [0.25, 0.3) is 5.52 Å². The Morgan fingerprint density at radius 2 is 2.41 bits per heavy atom. The second-order valence-electron chi connectivity index (χ2n) is 3.54. The van der Waals surface area contributed by atoms with Gasteiger partial charge < -0.3 is 14.2 Å². The summed E-state index contributed by atoms with van der Waals surface area (Å²) in [5.41, 5.74) is 0.993. The van der Waals surface area contributed by atoms with Crippen molar-refractivity contribution in [1.29, 1.82) is 0 Å². The van der Waals surface area contributed by atoms with E-state index in [9.17, 15) is 4.79 Å². The summed E-state index contributed by atoms with van der Waals surface area (Å²) in [6.45, 7) is 0.576. The number of nitrogens with zero attached hydrogens (tertiary/aromatic N) is 2. The number of imidazole rings is 1. The molecule has 0 aromatic carbocycles. The minimum absolute atomic E-state index is 0.247. The van der Waals surface area contributed by atoms with Crippen molar-refractivity contribution in [2.75, 3.05) is 13.7 Å². The van der Waals surface area contributed by atoms with E-state index in [1.807, 2.05) is 4.40 Å². The quantitative estimate of drug-likeness (QED) is 0.937. The summed E-state index contributed by atoms with van der Waals surface area (Å²) in [6, 6.07) is 3.15. The fourth-order valence-electron chi connectivity index (χ4n) is 1.61. The number of aromatic nitrogens is 2. The molecular weight excluding hydrogens is 288 g/mol. The summed E-state index contributed by atoms with van der Waals surface area (Å²) < 4.78 is 7.50. The smallest absolute Gasteiger partial charge is 0.335 e. The predicted molar refractivity (Wildman–Crippen MR) is 65.4 cm³/mol. The van der Waals surface area contributed by atoms with Gasteiger partial charge in [-0.1, -0.05) is 0 Å². The minimum atomic E-state index is -0.945. The Hall–Kier alpha value is -1.40. The van der Waals surface area contributed by atoms with Gasteiger partial charge in [0.05, 0.1) is 17.7 Å². The van der Waals surface area contributed by atoms with Crippen molar-refractivity contribution in [3.8, 4) is 0 Å². The third kappa shape index (κ3) is 2.32. The summed E-state index contributed by atoms with van der Waals surface area (Å²) in [6.07, 6.45) is 2.39. The maximum atomic E-state index is 10.9. The standard InChI is InChI=1S/C11H11BrN2O3/c1-17-5-3-9-13-10(12)8-6-7(11(15)16)2-4-14(8)9/h2,4,6H,3,5H2,1H3,(H,15,16). The first-order valence-corrected chi connectivity index (χ1v) is 5.81. The predicted octanol–water partition coefficient (Wildman–Crippen LogP) is 1.98. The van der Waals surface area contributed by atoms with Gasteiger partial charge in [0.2, 0.25) is 0 Å². The van der Waals surface area contributed by atoms with E-state index >= 15 is 0 Å². The van der Waals surface area contributed by atoms with E-state index in [1.54, 1.807) is 25.4 Å². The molecule has 0 saturated heterocycles. The number of carbonyl (C=O) groups is 1. The average Bonchev–Trinajstić information content (AvgIpc) is 2.63. The van der Waals surface area contributed by atoms with Crippen LogP contribution < -0.4 is 0 Å². The number of hydrogen-bond donors (Lipinski definition) is 1. The van der Waals surface area contributed by atoms with Gasteiger partial charge in [0, 0.05) is 19.7 Å². The molecule has 0 radical (unpaired) electrons. The molecule has 6 heteroatoms. The third-order valence-corrected chi connectivity index (χ3v) is 3.03. The molecule has 17 heavy (non-hydrogen) atoms. The highest BCUT2D eigenvalue weighted by Gasteiger charge is 2.11. The van der Waals surface area contributed by atoms with Gasteiger partial charge in [-0.25, -0.2) is 9.78 Å². The van der Waals surface area contributed by atoms with E-state index in [-0.39, 0.29) is 5.56 Å². The number of ether oxygens (including phenoxy) is 1. The van der Waals surface area contributed by atoms with Crippen LogP contribution in [0.1, 0.15) is 16.2 Å². The number of carboxylic acids is 1. The van der Waals surface area contributed by atoms with Crippen LogP contribution in [0.2, 0.25) is 0 Å². The number of carboxylic acid groups (broad SMARTS) is 1. The Kier molecular flexibility index (Phi) is 3.44. The zero-order valence-electron chi connectivity index (χ0n) is 9.18. The van der Waals surface area contributed by atoms with Crippen LogP contribution >= 0.6 is 15.9 Å². The molecule has 2 aromatic heterocycles.